The Morgan fingerprint density at radius 2 is 2.03 bits per heavy atom. The lowest BCUT2D eigenvalue weighted by Crippen LogP contribution is -2.22. The number of nitrogens with zero attached hydrogens (tertiary/aromatic N) is 4. The molecule has 2 aromatic heterocycles. The first-order valence-electron chi connectivity index (χ1n) is 9.63. The molecule has 1 aliphatic heterocycles. The number of rotatable bonds is 5. The lowest BCUT2D eigenvalue weighted by Gasteiger charge is -2.11. The smallest absolute Gasteiger partial charge is 0.237 e. The van der Waals surface area contributed by atoms with E-state index in [9.17, 15) is 4.79 Å². The van der Waals surface area contributed by atoms with E-state index in [1.807, 2.05) is 25.1 Å². The van der Waals surface area contributed by atoms with E-state index in [-0.39, 0.29) is 12.7 Å². The summed E-state index contributed by atoms with van der Waals surface area (Å²) >= 11 is 1.27. The molecule has 0 bridgehead atoms. The van der Waals surface area contributed by atoms with E-state index in [1.165, 1.54) is 11.8 Å². The SMILES string of the molecule is CCn1c2ccccc2c2nnc(SC(C)C(=O)Nc3ccc4c(c3)OCO4)nc21. The van der Waals surface area contributed by atoms with Crippen LogP contribution in [0.4, 0.5) is 5.69 Å². The Labute approximate surface area is 176 Å². The maximum Gasteiger partial charge on any atom is 0.237 e. The van der Waals surface area contributed by atoms with E-state index in [0.717, 1.165) is 28.6 Å². The number of hydrogen-bond acceptors (Lipinski definition) is 7. The molecule has 0 fully saturated rings. The number of nitrogens with one attached hydrogen (secondary N) is 1. The number of benzene rings is 2. The first-order chi connectivity index (χ1) is 14.6. The zero-order valence-corrected chi connectivity index (χ0v) is 17.3. The van der Waals surface area contributed by atoms with Gasteiger partial charge in [0.25, 0.3) is 0 Å². The van der Waals surface area contributed by atoms with Crippen LogP contribution < -0.4 is 14.8 Å². The Hall–Kier alpha value is -3.33. The van der Waals surface area contributed by atoms with E-state index in [2.05, 4.69) is 33.1 Å². The predicted octanol–water partition coefficient (Wildman–Crippen LogP) is 3.85. The zero-order valence-electron chi connectivity index (χ0n) is 16.5. The number of carbonyl (C=O) groups excluding carboxylic acids is 1. The van der Waals surface area contributed by atoms with Crippen molar-refractivity contribution in [3.05, 3.63) is 42.5 Å². The highest BCUT2D eigenvalue weighted by molar-refractivity contribution is 8.00. The summed E-state index contributed by atoms with van der Waals surface area (Å²) in [6.45, 7) is 4.85. The molecule has 0 saturated carbocycles. The predicted molar refractivity (Wildman–Crippen MR) is 115 cm³/mol. The number of hydrogen-bond donors (Lipinski definition) is 1. The van der Waals surface area contributed by atoms with Crippen molar-refractivity contribution < 1.29 is 14.3 Å². The molecule has 1 unspecified atom stereocenters. The summed E-state index contributed by atoms with van der Waals surface area (Å²) < 4.78 is 12.8. The number of para-hydroxylation sites is 1. The molecule has 3 heterocycles. The second-order valence-electron chi connectivity index (χ2n) is 6.85. The molecular formula is C21H19N5O3S. The van der Waals surface area contributed by atoms with Crippen LogP contribution in [0.2, 0.25) is 0 Å². The van der Waals surface area contributed by atoms with Gasteiger partial charge in [-0.25, -0.2) is 4.98 Å². The summed E-state index contributed by atoms with van der Waals surface area (Å²) in [6.07, 6.45) is 0. The number of anilines is 1. The van der Waals surface area contributed by atoms with Crippen molar-refractivity contribution in [1.82, 2.24) is 19.7 Å². The topological polar surface area (TPSA) is 91.2 Å². The van der Waals surface area contributed by atoms with Gasteiger partial charge >= 0.3 is 0 Å². The molecule has 30 heavy (non-hydrogen) atoms. The third-order valence-electron chi connectivity index (χ3n) is 4.96. The summed E-state index contributed by atoms with van der Waals surface area (Å²) in [6, 6.07) is 13.4. The van der Waals surface area contributed by atoms with Crippen LogP contribution in [0.3, 0.4) is 0 Å². The summed E-state index contributed by atoms with van der Waals surface area (Å²) in [5, 5.41) is 12.6. The standard InChI is InChI=1S/C21H19N5O3S/c1-3-26-15-7-5-4-6-14(15)18-19(26)23-21(25-24-18)30-12(2)20(27)22-13-8-9-16-17(10-13)29-11-28-16/h4-10,12H,3,11H2,1-2H3,(H,22,27). The fourth-order valence-corrected chi connectivity index (χ4v) is 4.20. The molecule has 2 aromatic carbocycles. The minimum atomic E-state index is -0.408. The van der Waals surface area contributed by atoms with Crippen molar-refractivity contribution in [2.24, 2.45) is 0 Å². The molecule has 1 atom stereocenters. The molecule has 0 aliphatic carbocycles. The fourth-order valence-electron chi connectivity index (χ4n) is 3.49. The monoisotopic (exact) mass is 421 g/mol. The largest absolute Gasteiger partial charge is 0.454 e. The van der Waals surface area contributed by atoms with Gasteiger partial charge in [-0.15, -0.1) is 10.2 Å². The number of aryl methyl sites for hydroxylation is 1. The van der Waals surface area contributed by atoms with Crippen molar-refractivity contribution in [1.29, 1.82) is 0 Å². The Bertz CT molecular complexity index is 1270. The fraction of sp³-hybridized carbons (Fsp3) is 0.238. The quantitative estimate of drug-likeness (QED) is 0.490. The molecule has 9 heteroatoms. The first kappa shape index (κ1) is 18.7. The highest BCUT2D eigenvalue weighted by Gasteiger charge is 2.20. The van der Waals surface area contributed by atoms with Gasteiger partial charge in [-0.2, -0.15) is 0 Å². The summed E-state index contributed by atoms with van der Waals surface area (Å²) in [5.41, 5.74) is 3.28. The van der Waals surface area contributed by atoms with Gasteiger partial charge in [0.2, 0.25) is 17.9 Å². The highest BCUT2D eigenvalue weighted by atomic mass is 32.2. The number of fused-ring (bicyclic) bond motifs is 4. The van der Waals surface area contributed by atoms with E-state index in [4.69, 9.17) is 14.5 Å². The van der Waals surface area contributed by atoms with Gasteiger partial charge in [-0.3, -0.25) is 4.79 Å². The Morgan fingerprint density at radius 1 is 1.20 bits per heavy atom. The van der Waals surface area contributed by atoms with Crippen LogP contribution >= 0.6 is 11.8 Å². The van der Waals surface area contributed by atoms with Gasteiger partial charge in [0.05, 0.1) is 10.8 Å². The molecule has 5 rings (SSSR count). The lowest BCUT2D eigenvalue weighted by molar-refractivity contribution is -0.115. The molecule has 152 valence electrons. The molecular weight excluding hydrogens is 402 g/mol. The van der Waals surface area contributed by atoms with Gasteiger partial charge < -0.3 is 19.4 Å². The second kappa shape index (κ2) is 7.49. The number of ether oxygens (including phenoxy) is 2. The summed E-state index contributed by atoms with van der Waals surface area (Å²) in [4.78, 5) is 17.4. The van der Waals surface area contributed by atoms with Crippen LogP contribution in [0.15, 0.2) is 47.6 Å². The average Bonchev–Trinajstić information content (AvgIpc) is 3.35. The number of carbonyl (C=O) groups is 1. The van der Waals surface area contributed by atoms with Gasteiger partial charge in [-0.05, 0) is 32.0 Å². The minimum Gasteiger partial charge on any atom is -0.454 e. The lowest BCUT2D eigenvalue weighted by atomic mass is 10.2. The zero-order chi connectivity index (χ0) is 20.7. The van der Waals surface area contributed by atoms with E-state index >= 15 is 0 Å². The minimum absolute atomic E-state index is 0.154. The van der Waals surface area contributed by atoms with Crippen LogP contribution in [0.25, 0.3) is 22.1 Å². The first-order valence-corrected chi connectivity index (χ1v) is 10.5. The normalized spacial score (nSPS) is 13.7. The molecule has 1 amide bonds. The number of amides is 1. The summed E-state index contributed by atoms with van der Waals surface area (Å²) in [7, 11) is 0. The maximum absolute atomic E-state index is 12.7. The molecule has 0 spiro atoms. The van der Waals surface area contributed by atoms with Gasteiger partial charge in [-0.1, -0.05) is 30.0 Å². The molecule has 0 radical (unpaired) electrons. The van der Waals surface area contributed by atoms with Crippen molar-refractivity contribution >= 4 is 45.4 Å². The van der Waals surface area contributed by atoms with Gasteiger partial charge in [0, 0.05) is 23.7 Å². The second-order valence-corrected chi connectivity index (χ2v) is 8.15. The van der Waals surface area contributed by atoms with Crippen LogP contribution in [0.1, 0.15) is 13.8 Å². The Morgan fingerprint density at radius 3 is 2.90 bits per heavy atom. The molecule has 4 aromatic rings. The Kier molecular flexibility index (Phi) is 4.66. The van der Waals surface area contributed by atoms with Crippen LogP contribution in [0, 0.1) is 0 Å². The molecule has 0 saturated heterocycles. The highest BCUT2D eigenvalue weighted by Crippen LogP contribution is 2.34. The van der Waals surface area contributed by atoms with Crippen LogP contribution in [0.5, 0.6) is 11.5 Å². The molecule has 1 aliphatic rings. The van der Waals surface area contributed by atoms with Gasteiger partial charge in [0.15, 0.2) is 17.1 Å². The van der Waals surface area contributed by atoms with Gasteiger partial charge in [0.1, 0.15) is 5.52 Å². The van der Waals surface area contributed by atoms with Crippen molar-refractivity contribution in [2.45, 2.75) is 30.8 Å². The van der Waals surface area contributed by atoms with Crippen LogP contribution in [-0.2, 0) is 11.3 Å². The van der Waals surface area contributed by atoms with Crippen molar-refractivity contribution in [3.8, 4) is 11.5 Å². The van der Waals surface area contributed by atoms with Crippen LogP contribution in [-0.4, -0.2) is 37.7 Å². The third-order valence-corrected chi connectivity index (χ3v) is 5.91. The van der Waals surface area contributed by atoms with E-state index < -0.39 is 5.25 Å². The number of thioether (sulfide) groups is 1. The maximum atomic E-state index is 12.7. The van der Waals surface area contributed by atoms with Crippen molar-refractivity contribution in [3.63, 3.8) is 0 Å². The average molecular weight is 421 g/mol. The molecule has 8 nitrogen and oxygen atoms in total. The Balaban J connectivity index is 1.37. The summed E-state index contributed by atoms with van der Waals surface area (Å²) in [5.74, 6) is 1.14. The third kappa shape index (κ3) is 3.21. The number of aromatic nitrogens is 4. The van der Waals surface area contributed by atoms with E-state index in [0.29, 0.717) is 22.3 Å². The van der Waals surface area contributed by atoms with Crippen molar-refractivity contribution in [2.75, 3.05) is 12.1 Å². The molecule has 1 N–H and O–H groups in total. The van der Waals surface area contributed by atoms with E-state index in [1.54, 1.807) is 18.2 Å².